The molecule has 4 bridgehead atoms. The van der Waals surface area contributed by atoms with Gasteiger partial charge >= 0.3 is 0 Å². The van der Waals surface area contributed by atoms with Gasteiger partial charge in [-0.05, 0) is 87.4 Å². The van der Waals surface area contributed by atoms with Gasteiger partial charge in [0.2, 0.25) is 17.5 Å². The van der Waals surface area contributed by atoms with E-state index in [1.807, 2.05) is 0 Å². The molecule has 9 heteroatoms. The van der Waals surface area contributed by atoms with Crippen LogP contribution in [-0.2, 0) is 24.0 Å². The van der Waals surface area contributed by atoms with Crippen molar-refractivity contribution in [1.82, 2.24) is 10.2 Å². The van der Waals surface area contributed by atoms with E-state index in [2.05, 4.69) is 34.5 Å². The Kier molecular flexibility index (Phi) is 7.79. The fraction of sp³-hybridized carbons (Fsp3) is 0.781. The molecule has 9 nitrogen and oxygen atoms in total. The third kappa shape index (κ3) is 5.31. The van der Waals surface area contributed by atoms with Crippen molar-refractivity contribution in [3.05, 3.63) is 29.8 Å². The van der Waals surface area contributed by atoms with Crippen molar-refractivity contribution in [2.45, 2.75) is 81.7 Å². The Balaban J connectivity index is 0.930. The maximum Gasteiger partial charge on any atom is 0.226 e. The number of amides is 1. The monoisotopic (exact) mass is 569 g/mol. The first-order valence-electron chi connectivity index (χ1n) is 16.1. The molecule has 5 aliphatic carbocycles. The predicted molar refractivity (Wildman–Crippen MR) is 152 cm³/mol. The minimum atomic E-state index is -0.689. The van der Waals surface area contributed by atoms with Gasteiger partial charge in [0.15, 0.2) is 0 Å². The van der Waals surface area contributed by atoms with Gasteiger partial charge in [-0.3, -0.25) is 9.69 Å². The van der Waals surface area contributed by atoms with Crippen LogP contribution in [0.1, 0.15) is 75.7 Å². The zero-order valence-corrected chi connectivity index (χ0v) is 24.3. The lowest BCUT2D eigenvalue weighted by molar-refractivity contribution is -0.393. The molecule has 5 saturated carbocycles. The number of nitrogens with zero attached hydrogens (tertiary/aromatic N) is 1. The van der Waals surface area contributed by atoms with Gasteiger partial charge in [0.1, 0.15) is 12.4 Å². The first kappa shape index (κ1) is 28.0. The van der Waals surface area contributed by atoms with E-state index in [0.29, 0.717) is 31.5 Å². The van der Waals surface area contributed by atoms with E-state index >= 15 is 0 Å². The van der Waals surface area contributed by atoms with Crippen LogP contribution in [0.2, 0.25) is 0 Å². The van der Waals surface area contributed by atoms with Gasteiger partial charge in [-0.2, -0.15) is 9.78 Å². The Morgan fingerprint density at radius 1 is 1.02 bits per heavy atom. The van der Waals surface area contributed by atoms with E-state index in [0.717, 1.165) is 103 Å². The summed E-state index contributed by atoms with van der Waals surface area (Å²) >= 11 is 0. The molecule has 8 rings (SSSR count). The molecule has 3 N–H and O–H groups in total. The Bertz CT molecular complexity index is 1050. The number of carbonyl (C=O) groups excluding carboxylic acids is 1. The summed E-state index contributed by atoms with van der Waals surface area (Å²) < 4.78 is 18.4. The summed E-state index contributed by atoms with van der Waals surface area (Å²) in [6.07, 6.45) is 9.26. The van der Waals surface area contributed by atoms with Crippen LogP contribution in [0.25, 0.3) is 0 Å². The molecule has 0 aromatic heterocycles. The van der Waals surface area contributed by atoms with Crippen molar-refractivity contribution in [2.24, 2.45) is 28.9 Å². The molecule has 41 heavy (non-hydrogen) atoms. The van der Waals surface area contributed by atoms with Crippen molar-refractivity contribution < 1.29 is 28.8 Å². The topological polar surface area (TPSA) is 105 Å². The second-order valence-electron chi connectivity index (χ2n) is 13.6. The average molecular weight is 570 g/mol. The summed E-state index contributed by atoms with van der Waals surface area (Å²) in [5.74, 6) is 1.26. The van der Waals surface area contributed by atoms with Crippen LogP contribution in [0.15, 0.2) is 24.3 Å². The normalized spacial score (nSPS) is 39.9. The first-order valence-corrected chi connectivity index (χ1v) is 16.1. The van der Waals surface area contributed by atoms with Crippen LogP contribution in [0.5, 0.6) is 5.75 Å². The fourth-order valence-corrected chi connectivity index (χ4v) is 8.99. The number of rotatable bonds is 9. The number of nitrogens with two attached hydrogens (primary N) is 1. The second kappa shape index (κ2) is 11.4. The molecule has 2 aliphatic heterocycles. The van der Waals surface area contributed by atoms with Gasteiger partial charge in [0, 0.05) is 50.9 Å². The van der Waals surface area contributed by atoms with Crippen LogP contribution in [0.3, 0.4) is 0 Å². The third-order valence-electron chi connectivity index (χ3n) is 11.0. The molecule has 7 aliphatic rings. The zero-order chi connectivity index (χ0) is 27.9. The van der Waals surface area contributed by atoms with Crippen molar-refractivity contribution >= 4 is 5.91 Å². The SMILES string of the molecule is NCCCNC(=O)C12CC3CC(C1)[C@]1(OO[C@]4(CCC(c5ccc(OCCN6CCOCC6)cc5)CC4)O1)C(C3)C2. The minimum absolute atomic E-state index is 0.210. The van der Waals surface area contributed by atoms with Gasteiger partial charge in [0.05, 0.1) is 18.6 Å². The predicted octanol–water partition coefficient (Wildman–Crippen LogP) is 3.72. The van der Waals surface area contributed by atoms with Crippen molar-refractivity contribution in [1.29, 1.82) is 0 Å². The largest absolute Gasteiger partial charge is 0.492 e. The number of nitrogens with one attached hydrogen (secondary N) is 1. The summed E-state index contributed by atoms with van der Waals surface area (Å²) in [5.41, 5.74) is 6.72. The number of ether oxygens (including phenoxy) is 3. The van der Waals surface area contributed by atoms with Crippen LogP contribution in [0.4, 0.5) is 0 Å². The second-order valence-corrected chi connectivity index (χ2v) is 13.6. The Labute approximate surface area is 243 Å². The van der Waals surface area contributed by atoms with E-state index in [1.54, 1.807) is 0 Å². The molecule has 2 spiro atoms. The van der Waals surface area contributed by atoms with E-state index in [1.165, 1.54) is 5.56 Å². The van der Waals surface area contributed by atoms with E-state index in [9.17, 15) is 4.79 Å². The zero-order valence-electron chi connectivity index (χ0n) is 24.3. The smallest absolute Gasteiger partial charge is 0.226 e. The van der Waals surface area contributed by atoms with Crippen molar-refractivity contribution in [3.8, 4) is 5.75 Å². The summed E-state index contributed by atoms with van der Waals surface area (Å²) in [6, 6.07) is 8.65. The van der Waals surface area contributed by atoms with Gasteiger partial charge in [-0.1, -0.05) is 12.1 Å². The Hall–Kier alpha value is -1.75. The van der Waals surface area contributed by atoms with Gasteiger partial charge in [-0.15, -0.1) is 0 Å². The number of morpholine rings is 1. The molecule has 2 atom stereocenters. The fourth-order valence-electron chi connectivity index (χ4n) is 8.99. The molecule has 7 fully saturated rings. The molecule has 0 radical (unpaired) electrons. The molecule has 1 amide bonds. The highest BCUT2D eigenvalue weighted by Crippen LogP contribution is 2.67. The standard InChI is InChI=1S/C32H47N3O6/c33-10-1-11-34-29(36)30-20-23-18-26(21-30)32(27(19-23)22-30)39-31(40-41-32)8-6-25(7-9-31)24-2-4-28(5-3-24)38-17-14-35-12-15-37-16-13-35/h2-5,23,25-27H,1,6-22,33H2,(H,34,36)/t23?,25?,26?,27?,30?,31-,32-. The molecule has 1 aromatic rings. The van der Waals surface area contributed by atoms with E-state index in [-0.39, 0.29) is 23.2 Å². The van der Waals surface area contributed by atoms with Crippen LogP contribution < -0.4 is 15.8 Å². The first-order chi connectivity index (χ1) is 20.0. The van der Waals surface area contributed by atoms with Crippen LogP contribution in [-0.4, -0.2) is 74.9 Å². The summed E-state index contributed by atoms with van der Waals surface area (Å²) in [7, 11) is 0. The van der Waals surface area contributed by atoms with Crippen molar-refractivity contribution in [2.75, 3.05) is 52.5 Å². The number of hydrogen-bond donors (Lipinski definition) is 2. The molecule has 1 aromatic carbocycles. The minimum Gasteiger partial charge on any atom is -0.492 e. The van der Waals surface area contributed by atoms with Gasteiger partial charge < -0.3 is 25.3 Å². The third-order valence-corrected chi connectivity index (χ3v) is 11.0. The molecule has 2 saturated heterocycles. The van der Waals surface area contributed by atoms with E-state index in [4.69, 9.17) is 29.7 Å². The highest BCUT2D eigenvalue weighted by molar-refractivity contribution is 5.83. The maximum atomic E-state index is 13.3. The quantitative estimate of drug-likeness (QED) is 0.343. The molecular weight excluding hydrogens is 522 g/mol. The maximum absolute atomic E-state index is 13.3. The highest BCUT2D eigenvalue weighted by atomic mass is 17.3. The van der Waals surface area contributed by atoms with Crippen LogP contribution >= 0.6 is 0 Å². The Morgan fingerprint density at radius 2 is 1.76 bits per heavy atom. The molecule has 2 heterocycles. The van der Waals surface area contributed by atoms with Gasteiger partial charge in [0.25, 0.3) is 0 Å². The molecular formula is C32H47N3O6. The molecule has 226 valence electrons. The Morgan fingerprint density at radius 3 is 2.46 bits per heavy atom. The van der Waals surface area contributed by atoms with Crippen molar-refractivity contribution in [3.63, 3.8) is 0 Å². The van der Waals surface area contributed by atoms with Gasteiger partial charge in [-0.25, -0.2) is 0 Å². The lowest BCUT2D eigenvalue weighted by Gasteiger charge is -2.61. The summed E-state index contributed by atoms with van der Waals surface area (Å²) in [6.45, 7) is 6.50. The number of carbonyl (C=O) groups is 1. The summed E-state index contributed by atoms with van der Waals surface area (Å²) in [4.78, 5) is 28.1. The van der Waals surface area contributed by atoms with E-state index < -0.39 is 11.6 Å². The molecule has 2 unspecified atom stereocenters. The lowest BCUT2D eigenvalue weighted by atomic mass is 9.47. The highest BCUT2D eigenvalue weighted by Gasteiger charge is 2.71. The lowest BCUT2D eigenvalue weighted by Crippen LogP contribution is -2.65. The van der Waals surface area contributed by atoms with Crippen LogP contribution in [0, 0.1) is 23.2 Å². The number of benzene rings is 1. The average Bonchev–Trinajstić information content (AvgIpc) is 3.37. The summed E-state index contributed by atoms with van der Waals surface area (Å²) in [5, 5.41) is 3.18. The number of hydrogen-bond acceptors (Lipinski definition) is 8.